The highest BCUT2D eigenvalue weighted by atomic mass is 16.5. The molecule has 1 aromatic rings. The van der Waals surface area contributed by atoms with Gasteiger partial charge in [-0.25, -0.2) is 0 Å². The molecular weight excluding hydrogens is 204 g/mol. The highest BCUT2D eigenvalue weighted by Crippen LogP contribution is 2.14. The van der Waals surface area contributed by atoms with E-state index < -0.39 is 0 Å². The molecule has 4 nitrogen and oxygen atoms in total. The summed E-state index contributed by atoms with van der Waals surface area (Å²) in [5.74, 6) is 1.85. The first-order valence-electron chi connectivity index (χ1n) is 5.54. The third-order valence-electron chi connectivity index (χ3n) is 2.26. The maximum absolute atomic E-state index is 9.24. The zero-order valence-corrected chi connectivity index (χ0v) is 10.1. The van der Waals surface area contributed by atoms with Crippen molar-refractivity contribution in [2.75, 3.05) is 19.0 Å². The number of anilines is 1. The predicted molar refractivity (Wildman–Crippen MR) is 64.7 cm³/mol. The lowest BCUT2D eigenvalue weighted by Gasteiger charge is -2.18. The lowest BCUT2D eigenvalue weighted by molar-refractivity contribution is 0.259. The molecule has 0 spiro atoms. The van der Waals surface area contributed by atoms with Crippen LogP contribution in [0.2, 0.25) is 0 Å². The number of hydrogen-bond acceptors (Lipinski definition) is 4. The summed E-state index contributed by atoms with van der Waals surface area (Å²) in [5, 5.41) is 12.4. The number of rotatable bonds is 6. The van der Waals surface area contributed by atoms with E-state index in [-0.39, 0.29) is 12.6 Å². The second kappa shape index (κ2) is 6.33. The lowest BCUT2D eigenvalue weighted by Crippen LogP contribution is -2.26. The first kappa shape index (κ1) is 12.8. The van der Waals surface area contributed by atoms with Crippen LogP contribution < -0.4 is 10.1 Å². The quantitative estimate of drug-likeness (QED) is 0.775. The van der Waals surface area contributed by atoms with Crippen LogP contribution in [0.25, 0.3) is 0 Å². The number of aliphatic hydroxyl groups excluding tert-OH is 1. The topological polar surface area (TPSA) is 54.4 Å². The maximum Gasteiger partial charge on any atom is 0.214 e. The molecule has 4 heteroatoms. The monoisotopic (exact) mass is 224 g/mol. The molecule has 1 unspecified atom stereocenters. The number of aromatic nitrogens is 1. The molecule has 0 aliphatic carbocycles. The van der Waals surface area contributed by atoms with Gasteiger partial charge < -0.3 is 15.2 Å². The van der Waals surface area contributed by atoms with Crippen LogP contribution >= 0.6 is 0 Å². The van der Waals surface area contributed by atoms with Gasteiger partial charge in [0.25, 0.3) is 0 Å². The predicted octanol–water partition coefficient (Wildman–Crippen LogP) is 1.91. The van der Waals surface area contributed by atoms with Gasteiger partial charge >= 0.3 is 0 Å². The minimum Gasteiger partial charge on any atom is -0.481 e. The Morgan fingerprint density at radius 3 is 2.75 bits per heavy atom. The number of aliphatic hydroxyl groups is 1. The first-order valence-corrected chi connectivity index (χ1v) is 5.54. The third kappa shape index (κ3) is 4.06. The molecule has 0 fully saturated rings. The Labute approximate surface area is 96.7 Å². The fourth-order valence-corrected chi connectivity index (χ4v) is 1.57. The smallest absolute Gasteiger partial charge is 0.214 e. The van der Waals surface area contributed by atoms with Crippen LogP contribution in [0.1, 0.15) is 20.3 Å². The Bertz CT molecular complexity index is 316. The van der Waals surface area contributed by atoms with Crippen molar-refractivity contribution in [1.82, 2.24) is 4.98 Å². The molecule has 0 bridgehead atoms. The van der Waals surface area contributed by atoms with Crippen molar-refractivity contribution in [3.63, 3.8) is 0 Å². The van der Waals surface area contributed by atoms with E-state index in [9.17, 15) is 5.11 Å². The van der Waals surface area contributed by atoms with E-state index in [0.29, 0.717) is 11.8 Å². The second-order valence-electron chi connectivity index (χ2n) is 4.22. The average molecular weight is 224 g/mol. The Kier molecular flexibility index (Phi) is 5.05. The van der Waals surface area contributed by atoms with Crippen molar-refractivity contribution in [3.8, 4) is 5.88 Å². The minimum absolute atomic E-state index is 0.0413. The summed E-state index contributed by atoms with van der Waals surface area (Å²) < 4.78 is 5.04. The molecule has 0 saturated heterocycles. The molecule has 0 radical (unpaired) electrons. The Morgan fingerprint density at radius 2 is 2.19 bits per heavy atom. The summed E-state index contributed by atoms with van der Waals surface area (Å²) in [5.41, 5.74) is 0. The van der Waals surface area contributed by atoms with E-state index in [0.717, 1.165) is 12.2 Å². The normalized spacial score (nSPS) is 12.6. The molecular formula is C12H20N2O2. The van der Waals surface area contributed by atoms with E-state index in [4.69, 9.17) is 4.74 Å². The fourth-order valence-electron chi connectivity index (χ4n) is 1.57. The zero-order chi connectivity index (χ0) is 12.0. The lowest BCUT2D eigenvalue weighted by atomic mass is 10.0. The summed E-state index contributed by atoms with van der Waals surface area (Å²) in [7, 11) is 1.59. The van der Waals surface area contributed by atoms with Gasteiger partial charge in [-0.05, 0) is 18.4 Å². The number of hydrogen-bond donors (Lipinski definition) is 2. The average Bonchev–Trinajstić information content (AvgIpc) is 2.28. The second-order valence-corrected chi connectivity index (χ2v) is 4.22. The highest BCUT2D eigenvalue weighted by Gasteiger charge is 2.10. The van der Waals surface area contributed by atoms with Gasteiger partial charge in [0, 0.05) is 6.07 Å². The Morgan fingerprint density at radius 1 is 1.44 bits per heavy atom. The molecule has 0 aliphatic rings. The highest BCUT2D eigenvalue weighted by molar-refractivity contribution is 5.38. The number of ether oxygens (including phenoxy) is 1. The third-order valence-corrected chi connectivity index (χ3v) is 2.26. The molecule has 16 heavy (non-hydrogen) atoms. The van der Waals surface area contributed by atoms with Gasteiger partial charge in [-0.2, -0.15) is 4.98 Å². The molecule has 0 aromatic carbocycles. The van der Waals surface area contributed by atoms with Gasteiger partial charge in [0.15, 0.2) is 0 Å². The van der Waals surface area contributed by atoms with E-state index in [1.165, 1.54) is 0 Å². The maximum atomic E-state index is 9.24. The van der Waals surface area contributed by atoms with Gasteiger partial charge in [0.2, 0.25) is 5.88 Å². The molecule has 1 aromatic heterocycles. The molecule has 90 valence electrons. The minimum atomic E-state index is 0.0413. The van der Waals surface area contributed by atoms with Crippen molar-refractivity contribution in [1.29, 1.82) is 0 Å². The van der Waals surface area contributed by atoms with Crippen LogP contribution in [-0.2, 0) is 0 Å². The molecule has 0 amide bonds. The summed E-state index contributed by atoms with van der Waals surface area (Å²) in [6.07, 6.45) is 0.912. The number of nitrogens with one attached hydrogen (secondary N) is 1. The molecule has 0 aliphatic heterocycles. The van der Waals surface area contributed by atoms with Gasteiger partial charge in [-0.1, -0.05) is 19.9 Å². The summed E-state index contributed by atoms with van der Waals surface area (Å²) in [4.78, 5) is 4.24. The molecule has 1 heterocycles. The van der Waals surface area contributed by atoms with Crippen LogP contribution in [0, 0.1) is 5.92 Å². The number of methoxy groups -OCH3 is 1. The van der Waals surface area contributed by atoms with Crippen molar-refractivity contribution < 1.29 is 9.84 Å². The number of pyridine rings is 1. The van der Waals surface area contributed by atoms with Gasteiger partial charge in [0.05, 0.1) is 19.8 Å². The van der Waals surface area contributed by atoms with Gasteiger partial charge in [-0.15, -0.1) is 0 Å². The molecule has 0 saturated carbocycles. The Hall–Kier alpha value is -1.29. The fraction of sp³-hybridized carbons (Fsp3) is 0.583. The van der Waals surface area contributed by atoms with Crippen LogP contribution in [-0.4, -0.2) is 29.8 Å². The number of nitrogens with zero attached hydrogens (tertiary/aromatic N) is 1. The molecule has 1 rings (SSSR count). The standard InChI is InChI=1S/C12H20N2O2/c1-9(2)7-10(8-15)13-11-5-4-6-12(14-11)16-3/h4-6,9-10,15H,7-8H2,1-3H3,(H,13,14). The van der Waals surface area contributed by atoms with Crippen molar-refractivity contribution in [2.45, 2.75) is 26.3 Å². The van der Waals surface area contributed by atoms with Gasteiger partial charge in [-0.3, -0.25) is 0 Å². The molecule has 1 atom stereocenters. The van der Waals surface area contributed by atoms with Crippen LogP contribution in [0.15, 0.2) is 18.2 Å². The van der Waals surface area contributed by atoms with Crippen molar-refractivity contribution in [2.24, 2.45) is 5.92 Å². The van der Waals surface area contributed by atoms with Crippen LogP contribution in [0.3, 0.4) is 0 Å². The summed E-state index contributed by atoms with van der Waals surface area (Å²) >= 11 is 0. The van der Waals surface area contributed by atoms with E-state index in [1.807, 2.05) is 12.1 Å². The summed E-state index contributed by atoms with van der Waals surface area (Å²) in [6, 6.07) is 5.57. The summed E-state index contributed by atoms with van der Waals surface area (Å²) in [6.45, 7) is 4.36. The van der Waals surface area contributed by atoms with Crippen LogP contribution in [0.5, 0.6) is 5.88 Å². The van der Waals surface area contributed by atoms with Crippen molar-refractivity contribution >= 4 is 5.82 Å². The van der Waals surface area contributed by atoms with E-state index >= 15 is 0 Å². The van der Waals surface area contributed by atoms with Crippen molar-refractivity contribution in [3.05, 3.63) is 18.2 Å². The largest absolute Gasteiger partial charge is 0.481 e. The molecule has 2 N–H and O–H groups in total. The SMILES string of the molecule is COc1cccc(NC(CO)CC(C)C)n1. The first-order chi connectivity index (χ1) is 7.65. The Balaban J connectivity index is 2.62. The zero-order valence-electron chi connectivity index (χ0n) is 10.1. The van der Waals surface area contributed by atoms with Crippen LogP contribution in [0.4, 0.5) is 5.82 Å². The van der Waals surface area contributed by atoms with Gasteiger partial charge in [0.1, 0.15) is 5.82 Å². The van der Waals surface area contributed by atoms with E-state index in [1.54, 1.807) is 13.2 Å². The van der Waals surface area contributed by atoms with E-state index in [2.05, 4.69) is 24.1 Å².